The normalized spacial score (nSPS) is 19.6. The van der Waals surface area contributed by atoms with Crippen LogP contribution in [0.5, 0.6) is 0 Å². The minimum atomic E-state index is -1.23. The molecule has 9 heteroatoms. The topological polar surface area (TPSA) is 94.6 Å². The van der Waals surface area contributed by atoms with Gasteiger partial charge in [-0.05, 0) is 36.6 Å². The summed E-state index contributed by atoms with van der Waals surface area (Å²) in [6, 6.07) is 11.7. The molecule has 3 aromatic heterocycles. The van der Waals surface area contributed by atoms with Gasteiger partial charge in [0.15, 0.2) is 5.69 Å². The van der Waals surface area contributed by atoms with Crippen molar-refractivity contribution in [3.63, 3.8) is 0 Å². The minimum absolute atomic E-state index is 0.221. The highest BCUT2D eigenvalue weighted by atomic mass is 19.1. The van der Waals surface area contributed by atoms with Crippen LogP contribution in [0.15, 0.2) is 77.6 Å². The zero-order valence-corrected chi connectivity index (χ0v) is 18.3. The largest absolute Gasteiger partial charge is 0.332 e. The Balaban J connectivity index is 1.33. The molecule has 0 radical (unpaired) electrons. The number of hydrogen-bond donors (Lipinski definition) is 1. The summed E-state index contributed by atoms with van der Waals surface area (Å²) in [5.74, 6) is 0.675. The summed E-state index contributed by atoms with van der Waals surface area (Å²) in [4.78, 5) is 8.66. The summed E-state index contributed by atoms with van der Waals surface area (Å²) < 4.78 is 21.8. The quantitative estimate of drug-likeness (QED) is 0.444. The Labute approximate surface area is 195 Å². The molecule has 3 heterocycles. The molecule has 0 spiro atoms. The molecule has 2 atom stereocenters. The zero-order valence-electron chi connectivity index (χ0n) is 18.3. The number of nitrogens with zero attached hydrogens (tertiary/aromatic N) is 6. The van der Waals surface area contributed by atoms with Gasteiger partial charge < -0.3 is 9.84 Å². The van der Waals surface area contributed by atoms with Crippen LogP contribution in [0.25, 0.3) is 34.2 Å². The first-order valence-electron chi connectivity index (χ1n) is 11.3. The molecule has 2 unspecified atom stereocenters. The lowest BCUT2D eigenvalue weighted by molar-refractivity contribution is 0.300. The fourth-order valence-electron chi connectivity index (χ4n) is 3.97. The standard InChI is InChI=1S/C25H22FN7O/c26-20-3-1-2-4-21(20)33-23(17-11-13-27-14-12-17)22(30-32-33)25-29-24(31-34-25)18-7-5-16(6-8-18)15-28-19-9-10-19/h1-8,11-14,19-21,28H,9-10,15H2. The maximum atomic E-state index is 14.7. The van der Waals surface area contributed by atoms with Crippen LogP contribution in [-0.2, 0) is 6.54 Å². The predicted octanol–water partition coefficient (Wildman–Crippen LogP) is 4.31. The third kappa shape index (κ3) is 4.06. The molecule has 0 amide bonds. The first-order chi connectivity index (χ1) is 16.8. The van der Waals surface area contributed by atoms with Crippen molar-refractivity contribution in [2.75, 3.05) is 0 Å². The van der Waals surface area contributed by atoms with E-state index in [4.69, 9.17) is 4.52 Å². The van der Waals surface area contributed by atoms with Crippen molar-refractivity contribution in [1.29, 1.82) is 0 Å². The monoisotopic (exact) mass is 455 g/mol. The highest BCUT2D eigenvalue weighted by molar-refractivity contribution is 5.74. The molecule has 1 saturated carbocycles. The van der Waals surface area contributed by atoms with Crippen LogP contribution >= 0.6 is 0 Å². The van der Waals surface area contributed by atoms with Crippen molar-refractivity contribution in [3.8, 4) is 34.2 Å². The lowest BCUT2D eigenvalue weighted by Crippen LogP contribution is -2.20. The summed E-state index contributed by atoms with van der Waals surface area (Å²) in [5.41, 5.74) is 3.80. The van der Waals surface area contributed by atoms with Crippen LogP contribution in [0.4, 0.5) is 4.39 Å². The van der Waals surface area contributed by atoms with E-state index in [9.17, 15) is 4.39 Å². The Bertz CT molecular complexity index is 1340. The summed E-state index contributed by atoms with van der Waals surface area (Å²) in [5, 5.41) is 16.2. The van der Waals surface area contributed by atoms with Crippen LogP contribution in [-0.4, -0.2) is 42.3 Å². The predicted molar refractivity (Wildman–Crippen MR) is 124 cm³/mol. The Hall–Kier alpha value is -3.98. The zero-order chi connectivity index (χ0) is 22.9. The van der Waals surface area contributed by atoms with Gasteiger partial charge in [-0.2, -0.15) is 4.98 Å². The molecule has 2 aliphatic rings. The van der Waals surface area contributed by atoms with Gasteiger partial charge in [0.05, 0.1) is 0 Å². The number of allylic oxidation sites excluding steroid dienone is 4. The lowest BCUT2D eigenvalue weighted by atomic mass is 10.1. The molecule has 0 bridgehead atoms. The van der Waals surface area contributed by atoms with Gasteiger partial charge in [-0.25, -0.2) is 9.07 Å². The Morgan fingerprint density at radius 3 is 2.56 bits per heavy atom. The molecule has 1 aromatic carbocycles. The number of aromatic nitrogens is 6. The summed E-state index contributed by atoms with van der Waals surface area (Å²) in [6.45, 7) is 0.848. The fourth-order valence-corrected chi connectivity index (χ4v) is 3.97. The van der Waals surface area contributed by atoms with Gasteiger partial charge in [0.1, 0.15) is 17.9 Å². The van der Waals surface area contributed by atoms with E-state index in [0.29, 0.717) is 23.3 Å². The average Bonchev–Trinajstić information content (AvgIpc) is 3.40. The van der Waals surface area contributed by atoms with E-state index in [-0.39, 0.29) is 5.89 Å². The van der Waals surface area contributed by atoms with Gasteiger partial charge in [-0.3, -0.25) is 4.98 Å². The van der Waals surface area contributed by atoms with Crippen molar-refractivity contribution in [3.05, 3.63) is 78.7 Å². The van der Waals surface area contributed by atoms with Crippen molar-refractivity contribution < 1.29 is 8.91 Å². The number of rotatable bonds is 7. The number of nitrogens with one attached hydrogen (secondary N) is 1. The van der Waals surface area contributed by atoms with Gasteiger partial charge in [0.2, 0.25) is 5.82 Å². The first kappa shape index (κ1) is 20.6. The second-order valence-corrected chi connectivity index (χ2v) is 8.45. The maximum absolute atomic E-state index is 14.7. The van der Waals surface area contributed by atoms with Gasteiger partial charge in [-0.1, -0.05) is 52.9 Å². The number of hydrogen-bond acceptors (Lipinski definition) is 7. The molecule has 34 heavy (non-hydrogen) atoms. The van der Waals surface area contributed by atoms with E-state index >= 15 is 0 Å². The van der Waals surface area contributed by atoms with E-state index < -0.39 is 12.2 Å². The molecule has 0 saturated heterocycles. The highest BCUT2D eigenvalue weighted by Gasteiger charge is 2.29. The van der Waals surface area contributed by atoms with Gasteiger partial charge in [0, 0.05) is 36.1 Å². The summed E-state index contributed by atoms with van der Waals surface area (Å²) >= 11 is 0. The molecule has 4 aromatic rings. The first-order valence-corrected chi connectivity index (χ1v) is 11.3. The Morgan fingerprint density at radius 1 is 1.00 bits per heavy atom. The number of benzene rings is 1. The maximum Gasteiger partial charge on any atom is 0.281 e. The van der Waals surface area contributed by atoms with Crippen LogP contribution < -0.4 is 5.32 Å². The summed E-state index contributed by atoms with van der Waals surface area (Å²) in [6.07, 6.45) is 11.4. The SMILES string of the molecule is FC1C=CC=CC1n1nnc(-c2nc(-c3ccc(CNC4CC4)cc3)no2)c1-c1ccncc1. The smallest absolute Gasteiger partial charge is 0.281 e. The van der Waals surface area contributed by atoms with Crippen molar-refractivity contribution in [1.82, 2.24) is 35.4 Å². The lowest BCUT2D eigenvalue weighted by Gasteiger charge is -2.19. The molecular weight excluding hydrogens is 433 g/mol. The molecular formula is C25H22FN7O. The number of halogens is 1. The van der Waals surface area contributed by atoms with E-state index in [0.717, 1.165) is 17.7 Å². The molecule has 1 N–H and O–H groups in total. The van der Waals surface area contributed by atoms with E-state index in [2.05, 4.69) is 42.9 Å². The Morgan fingerprint density at radius 2 is 1.79 bits per heavy atom. The van der Waals surface area contributed by atoms with E-state index in [1.807, 2.05) is 24.3 Å². The molecule has 6 rings (SSSR count). The number of pyridine rings is 1. The molecule has 2 aliphatic carbocycles. The second-order valence-electron chi connectivity index (χ2n) is 8.45. The van der Waals surface area contributed by atoms with Crippen LogP contribution in [0.2, 0.25) is 0 Å². The summed E-state index contributed by atoms with van der Waals surface area (Å²) in [7, 11) is 0. The third-order valence-electron chi connectivity index (χ3n) is 5.98. The van der Waals surface area contributed by atoms with Crippen LogP contribution in [0.3, 0.4) is 0 Å². The highest BCUT2D eigenvalue weighted by Crippen LogP contribution is 2.34. The second kappa shape index (κ2) is 8.75. The minimum Gasteiger partial charge on any atom is -0.332 e. The van der Waals surface area contributed by atoms with E-state index in [1.54, 1.807) is 35.3 Å². The van der Waals surface area contributed by atoms with Crippen molar-refractivity contribution in [2.24, 2.45) is 0 Å². The Kier molecular flexibility index (Phi) is 5.31. The van der Waals surface area contributed by atoms with E-state index in [1.165, 1.54) is 24.5 Å². The molecule has 1 fully saturated rings. The van der Waals surface area contributed by atoms with Gasteiger partial charge in [0.25, 0.3) is 5.89 Å². The van der Waals surface area contributed by atoms with Gasteiger partial charge in [-0.15, -0.1) is 5.10 Å². The molecule has 8 nitrogen and oxygen atoms in total. The van der Waals surface area contributed by atoms with Gasteiger partial charge >= 0.3 is 0 Å². The average molecular weight is 455 g/mol. The van der Waals surface area contributed by atoms with Crippen LogP contribution in [0, 0.1) is 0 Å². The third-order valence-corrected chi connectivity index (χ3v) is 5.98. The molecule has 170 valence electrons. The van der Waals surface area contributed by atoms with Crippen molar-refractivity contribution >= 4 is 0 Å². The molecule has 0 aliphatic heterocycles. The van der Waals surface area contributed by atoms with Crippen LogP contribution in [0.1, 0.15) is 24.4 Å². The van der Waals surface area contributed by atoms with Crippen molar-refractivity contribution in [2.45, 2.75) is 37.6 Å². The number of alkyl halides is 1. The fraction of sp³-hybridized carbons (Fsp3) is 0.240.